The maximum absolute atomic E-state index is 13.0. The zero-order valence-corrected chi connectivity index (χ0v) is 46.4. The van der Waals surface area contributed by atoms with Gasteiger partial charge in [-0.3, -0.25) is 0 Å². The molecule has 9 aromatic carbocycles. The van der Waals surface area contributed by atoms with Crippen LogP contribution in [-0.2, 0) is 0 Å². The minimum atomic E-state index is -0.297. The van der Waals surface area contributed by atoms with Crippen molar-refractivity contribution in [3.05, 3.63) is 273 Å². The van der Waals surface area contributed by atoms with E-state index in [4.69, 9.17) is 30.0 Å². The van der Waals surface area contributed by atoms with Crippen LogP contribution in [0, 0.1) is 55.0 Å². The van der Waals surface area contributed by atoms with Crippen molar-refractivity contribution in [3.8, 4) is 64.1 Å². The summed E-state index contributed by atoms with van der Waals surface area (Å²) in [6.45, 7) is 0. The summed E-state index contributed by atoms with van der Waals surface area (Å²) in [6.07, 6.45) is 5.81. The third-order valence-electron chi connectivity index (χ3n) is 11.6. The second-order valence-electron chi connectivity index (χ2n) is 16.9. The van der Waals surface area contributed by atoms with E-state index in [0.717, 1.165) is 57.9 Å². The van der Waals surface area contributed by atoms with Gasteiger partial charge in [-0.2, -0.15) is 15.8 Å². The molecule has 1 radical (unpaired) electrons. The molecule has 0 aliphatic carbocycles. The Morgan fingerprint density at radius 1 is 0.494 bits per heavy atom. The van der Waals surface area contributed by atoms with Crippen molar-refractivity contribution < 1.29 is 27.4 Å². The Labute approximate surface area is 494 Å². The average Bonchev–Trinajstić information content (AvgIpc) is 4.29. The summed E-state index contributed by atoms with van der Waals surface area (Å²) in [5, 5.41) is 30.1. The normalized spacial score (nSPS) is 10.0. The third-order valence-corrected chi connectivity index (χ3v) is 12.9. The van der Waals surface area contributed by atoms with Gasteiger partial charge in [-0.05, 0) is 238 Å². The van der Waals surface area contributed by atoms with Gasteiger partial charge >= 0.3 is 24.8 Å². The summed E-state index contributed by atoms with van der Waals surface area (Å²) < 4.78 is 64.3. The number of fused-ring (bicyclic) bond motifs is 3. The van der Waals surface area contributed by atoms with Crippen molar-refractivity contribution in [2.24, 2.45) is 4.30 Å². The Balaban J connectivity index is 0.000000160. The molecule has 0 amide bonds. The first-order chi connectivity index (χ1) is 38.9. The van der Waals surface area contributed by atoms with Crippen LogP contribution in [0.25, 0.3) is 44.1 Å². The van der Waals surface area contributed by atoms with Crippen molar-refractivity contribution in [2.75, 3.05) is 0 Å². The summed E-state index contributed by atoms with van der Waals surface area (Å²) in [4.78, 5) is 3.04. The molecular formula is C64H44BBrF3IN7O3S. The average molecular weight is 1270 g/mol. The van der Waals surface area contributed by atoms with E-state index < -0.39 is 0 Å². The van der Waals surface area contributed by atoms with Crippen LogP contribution in [0.2, 0.25) is 0 Å². The van der Waals surface area contributed by atoms with Gasteiger partial charge in [0.15, 0.2) is 0 Å². The van der Waals surface area contributed by atoms with E-state index in [0.29, 0.717) is 45.4 Å². The van der Waals surface area contributed by atoms with Crippen LogP contribution in [0.3, 0.4) is 0 Å². The van der Waals surface area contributed by atoms with Crippen molar-refractivity contribution in [2.45, 2.75) is 7.43 Å². The summed E-state index contributed by atoms with van der Waals surface area (Å²) in [5.41, 5.74) is 6.79. The topological polar surface area (TPSA) is 137 Å². The van der Waals surface area contributed by atoms with Crippen LogP contribution in [0.5, 0.6) is 34.5 Å². The Hall–Kier alpha value is -9.32. The SMILES string of the molecule is C.Fc1ccc(Oc2ccc(I)cc2)cc1.N#Cc1ccc2c(Br)cn(-c3ccc(Oc4ccc(F)cc4)cc3)c2c1.N#Cc1ccc2cc[nH]c2c1.N#Cc1ccc2ccn(-c3ccc(Oc4ccc(F)cc4)cc3)c2c1.[B]=NS. The predicted octanol–water partition coefficient (Wildman–Crippen LogP) is 18.7. The number of H-pyrrole nitrogens is 1. The zero-order valence-electron chi connectivity index (χ0n) is 41.8. The van der Waals surface area contributed by atoms with Crippen LogP contribution >= 0.6 is 51.3 Å². The number of benzene rings is 9. The van der Waals surface area contributed by atoms with Gasteiger partial charge in [0.25, 0.3) is 0 Å². The molecule has 0 spiro atoms. The molecule has 12 aromatic rings. The van der Waals surface area contributed by atoms with Crippen LogP contribution in [0.15, 0.2) is 240 Å². The van der Waals surface area contributed by atoms with Crippen molar-refractivity contribution in [1.29, 1.82) is 15.8 Å². The van der Waals surface area contributed by atoms with Crippen molar-refractivity contribution in [3.63, 3.8) is 0 Å². The molecule has 397 valence electrons. The summed E-state index contributed by atoms with van der Waals surface area (Å²) in [6, 6.07) is 67.9. The van der Waals surface area contributed by atoms with Crippen LogP contribution in [-0.4, -0.2) is 21.8 Å². The van der Waals surface area contributed by atoms with Crippen LogP contribution in [0.4, 0.5) is 13.2 Å². The number of rotatable bonds is 8. The fourth-order valence-corrected chi connectivity index (χ4v) is 8.68. The van der Waals surface area contributed by atoms with Gasteiger partial charge in [0.05, 0.1) is 45.9 Å². The second kappa shape index (κ2) is 29.1. The molecule has 0 unspecified atom stereocenters. The number of aromatic nitrogens is 3. The van der Waals surface area contributed by atoms with Crippen LogP contribution < -0.4 is 14.2 Å². The number of nitrogens with one attached hydrogen (secondary N) is 1. The van der Waals surface area contributed by atoms with Gasteiger partial charge in [-0.1, -0.05) is 25.6 Å². The monoisotopic (exact) mass is 1260 g/mol. The van der Waals surface area contributed by atoms with Crippen molar-refractivity contribution in [1.82, 2.24) is 14.1 Å². The van der Waals surface area contributed by atoms with E-state index in [2.05, 4.69) is 86.5 Å². The van der Waals surface area contributed by atoms with Gasteiger partial charge in [0.1, 0.15) is 51.9 Å². The fraction of sp³-hybridized carbons (Fsp3) is 0.0156. The zero-order chi connectivity index (χ0) is 56.4. The first-order valence-electron chi connectivity index (χ1n) is 23.9. The van der Waals surface area contributed by atoms with E-state index in [-0.39, 0.29) is 24.9 Å². The molecule has 0 aliphatic rings. The van der Waals surface area contributed by atoms with Gasteiger partial charge in [-0.25, -0.2) is 13.2 Å². The minimum absolute atomic E-state index is 0. The number of halogens is 5. The van der Waals surface area contributed by atoms with E-state index in [1.165, 1.54) is 36.4 Å². The number of aromatic amines is 1. The Kier molecular flexibility index (Phi) is 21.3. The fourth-order valence-electron chi connectivity index (χ4n) is 7.78. The van der Waals surface area contributed by atoms with E-state index >= 15 is 0 Å². The first kappa shape index (κ1) is 59.3. The molecule has 10 nitrogen and oxygen atoms in total. The van der Waals surface area contributed by atoms with E-state index in [9.17, 15) is 13.2 Å². The van der Waals surface area contributed by atoms with E-state index in [1.54, 1.807) is 42.5 Å². The third kappa shape index (κ3) is 16.4. The predicted molar refractivity (Wildman–Crippen MR) is 329 cm³/mol. The maximum atomic E-state index is 13.0. The molecule has 0 bridgehead atoms. The molecule has 1 N–H and O–H groups in total. The Bertz CT molecular complexity index is 4120. The number of ether oxygens (including phenoxy) is 3. The quantitative estimate of drug-likeness (QED) is 0.0883. The van der Waals surface area contributed by atoms with Gasteiger partial charge in [0, 0.05) is 54.3 Å². The molecule has 0 fully saturated rings. The van der Waals surface area contributed by atoms with Gasteiger partial charge < -0.3 is 28.3 Å². The number of hydrogen-bond acceptors (Lipinski definition) is 8. The summed E-state index contributed by atoms with van der Waals surface area (Å²) in [7, 11) is 4.34. The number of nitriles is 3. The molecule has 12 rings (SSSR count). The Morgan fingerprint density at radius 3 is 1.33 bits per heavy atom. The molecule has 0 aliphatic heterocycles. The number of thiol groups is 1. The molecular weight excluding hydrogens is 1220 g/mol. The number of nitrogens with zero attached hydrogens (tertiary/aromatic N) is 6. The molecule has 81 heavy (non-hydrogen) atoms. The molecule has 0 atom stereocenters. The van der Waals surface area contributed by atoms with Crippen LogP contribution in [0.1, 0.15) is 24.1 Å². The molecule has 0 saturated heterocycles. The summed E-state index contributed by atoms with van der Waals surface area (Å²) >= 11 is 8.99. The number of hydrogen-bond donors (Lipinski definition) is 2. The van der Waals surface area contributed by atoms with Gasteiger partial charge in [-0.15, -0.1) is 0 Å². The molecule has 0 saturated carbocycles. The summed E-state index contributed by atoms with van der Waals surface area (Å²) in [5.74, 6) is 3.03. The Morgan fingerprint density at radius 2 is 0.877 bits per heavy atom. The first-order valence-corrected chi connectivity index (χ1v) is 26.2. The standard InChI is InChI=1S/C21H12BrFN2O.C21H13FN2O.C12H8FIO.C9H6N2.CH4.BHNS/c22-20-13-25(21-11-14(12-24)1-10-19(20)21)16-4-8-18(9-5-16)26-17-6-2-15(23)3-7-17;22-17-3-7-19(8-4-17)25-20-9-5-18(6-10-20)24-12-11-16-2-1-15(14-23)13-21(16)24;13-9-1-5-11(6-2-9)15-12-7-3-10(14)4-8-12;10-6-7-1-2-8-3-4-11-9(8)5-7;;1-2-3/h1-11,13H;1-13H;1-8H;1-5,11H;1H4;3H. The molecule has 3 aromatic heterocycles. The van der Waals surface area contributed by atoms with Gasteiger partial charge in [0.2, 0.25) is 0 Å². The van der Waals surface area contributed by atoms with E-state index in [1.807, 2.05) is 161 Å². The van der Waals surface area contributed by atoms with Crippen molar-refractivity contribution >= 4 is 91.7 Å². The molecule has 3 heterocycles. The second-order valence-corrected chi connectivity index (χ2v) is 19.2. The molecule has 17 heteroatoms.